The van der Waals surface area contributed by atoms with Gasteiger partial charge in [-0.2, -0.15) is 0 Å². The van der Waals surface area contributed by atoms with E-state index in [0.29, 0.717) is 12.5 Å². The molecule has 0 spiro atoms. The van der Waals surface area contributed by atoms with Gasteiger partial charge in [-0.25, -0.2) is 4.79 Å². The topological polar surface area (TPSA) is 44.4 Å². The predicted molar refractivity (Wildman–Crippen MR) is 96.9 cm³/mol. The summed E-state index contributed by atoms with van der Waals surface area (Å²) in [5, 5.41) is 7.25. The zero-order valence-corrected chi connectivity index (χ0v) is 14.5. The molecule has 1 saturated heterocycles. The van der Waals surface area contributed by atoms with Crippen LogP contribution in [-0.2, 0) is 6.54 Å². The second-order valence-electron chi connectivity index (χ2n) is 6.44. The van der Waals surface area contributed by atoms with E-state index in [0.717, 1.165) is 13.1 Å². The third-order valence-electron chi connectivity index (χ3n) is 4.42. The van der Waals surface area contributed by atoms with Crippen LogP contribution in [0.15, 0.2) is 30.3 Å². The Hall–Kier alpha value is -1.59. The first-order chi connectivity index (χ1) is 11.2. The fraction of sp³-hybridized carbons (Fsp3) is 0.500. The van der Waals surface area contributed by atoms with E-state index < -0.39 is 0 Å². The number of benzene rings is 1. The van der Waals surface area contributed by atoms with Gasteiger partial charge in [0.1, 0.15) is 0 Å². The molecule has 1 aromatic carbocycles. The summed E-state index contributed by atoms with van der Waals surface area (Å²) in [6.07, 6.45) is 3.74. The van der Waals surface area contributed by atoms with E-state index in [2.05, 4.69) is 40.8 Å². The Morgan fingerprint density at radius 3 is 3.04 bits per heavy atom. The Bertz CT molecular complexity index is 622. The zero-order valence-electron chi connectivity index (χ0n) is 13.7. The van der Waals surface area contributed by atoms with Crippen molar-refractivity contribution in [3.8, 4) is 0 Å². The molecule has 2 amide bonds. The number of hydrogen-bond acceptors (Lipinski definition) is 3. The largest absolute Gasteiger partial charge is 0.338 e. The number of carbonyl (C=O) groups excluding carboxylic acids is 1. The van der Waals surface area contributed by atoms with Crippen molar-refractivity contribution in [2.24, 2.45) is 5.92 Å². The molecule has 1 aliphatic rings. The second-order valence-corrected chi connectivity index (χ2v) is 7.61. The molecule has 2 heterocycles. The van der Waals surface area contributed by atoms with Crippen LogP contribution in [0, 0.1) is 5.92 Å². The number of fused-ring (bicyclic) bond motifs is 1. The first-order valence-corrected chi connectivity index (χ1v) is 9.20. The maximum atomic E-state index is 12.0. The highest BCUT2D eigenvalue weighted by Crippen LogP contribution is 2.24. The van der Waals surface area contributed by atoms with Gasteiger partial charge in [-0.15, -0.1) is 11.3 Å². The number of urea groups is 1. The van der Waals surface area contributed by atoms with Crippen molar-refractivity contribution >= 4 is 27.5 Å². The van der Waals surface area contributed by atoms with Gasteiger partial charge >= 0.3 is 6.03 Å². The molecular formula is C18H25N3OS. The van der Waals surface area contributed by atoms with E-state index in [1.54, 1.807) is 11.3 Å². The molecule has 1 atom stereocenters. The summed E-state index contributed by atoms with van der Waals surface area (Å²) in [6.45, 7) is 3.61. The van der Waals surface area contributed by atoms with Crippen LogP contribution in [0.2, 0.25) is 0 Å². The van der Waals surface area contributed by atoms with Crippen LogP contribution in [0.25, 0.3) is 10.1 Å². The van der Waals surface area contributed by atoms with Gasteiger partial charge in [0.05, 0.1) is 6.54 Å². The highest BCUT2D eigenvalue weighted by Gasteiger charge is 2.16. The van der Waals surface area contributed by atoms with Gasteiger partial charge in [-0.1, -0.05) is 24.6 Å². The minimum atomic E-state index is -0.0608. The fourth-order valence-corrected chi connectivity index (χ4v) is 4.20. The minimum Gasteiger partial charge on any atom is -0.338 e. The molecule has 1 aromatic heterocycles. The Balaban J connectivity index is 1.44. The Kier molecular flexibility index (Phi) is 5.51. The number of carbonyl (C=O) groups is 1. The van der Waals surface area contributed by atoms with Crippen LogP contribution in [0.3, 0.4) is 0 Å². The zero-order chi connectivity index (χ0) is 16.1. The molecule has 1 aliphatic heterocycles. The number of amides is 2. The first kappa shape index (κ1) is 16.3. The maximum absolute atomic E-state index is 12.0. The minimum absolute atomic E-state index is 0.0608. The van der Waals surface area contributed by atoms with Gasteiger partial charge < -0.3 is 15.5 Å². The molecular weight excluding hydrogens is 306 g/mol. The molecule has 2 N–H and O–H groups in total. The van der Waals surface area contributed by atoms with Crippen molar-refractivity contribution in [3.63, 3.8) is 0 Å². The van der Waals surface area contributed by atoms with Gasteiger partial charge in [0.25, 0.3) is 0 Å². The molecule has 0 radical (unpaired) electrons. The number of nitrogens with one attached hydrogen (secondary N) is 2. The number of likely N-dealkylation sites (tertiary alicyclic amines) is 1. The summed E-state index contributed by atoms with van der Waals surface area (Å²) in [4.78, 5) is 15.6. The van der Waals surface area contributed by atoms with E-state index >= 15 is 0 Å². The monoisotopic (exact) mass is 331 g/mol. The van der Waals surface area contributed by atoms with Crippen LogP contribution in [0.5, 0.6) is 0 Å². The summed E-state index contributed by atoms with van der Waals surface area (Å²) < 4.78 is 1.27. The third kappa shape index (κ3) is 4.69. The van der Waals surface area contributed by atoms with Gasteiger partial charge in [-0.05, 0) is 49.9 Å². The molecule has 1 unspecified atom stereocenters. The average molecular weight is 331 g/mol. The molecule has 4 nitrogen and oxygen atoms in total. The average Bonchev–Trinajstić information content (AvgIpc) is 2.85. The van der Waals surface area contributed by atoms with E-state index in [1.807, 2.05) is 12.1 Å². The van der Waals surface area contributed by atoms with Crippen LogP contribution in [-0.4, -0.2) is 37.6 Å². The Morgan fingerprint density at radius 1 is 1.30 bits per heavy atom. The molecule has 0 bridgehead atoms. The van der Waals surface area contributed by atoms with Gasteiger partial charge in [0, 0.05) is 22.7 Å². The molecule has 1 fully saturated rings. The molecule has 0 aliphatic carbocycles. The van der Waals surface area contributed by atoms with Gasteiger partial charge in [0.2, 0.25) is 0 Å². The summed E-state index contributed by atoms with van der Waals surface area (Å²) >= 11 is 1.74. The summed E-state index contributed by atoms with van der Waals surface area (Å²) in [5.74, 6) is 0.567. The van der Waals surface area contributed by atoms with Crippen molar-refractivity contribution in [3.05, 3.63) is 35.2 Å². The number of thiophene rings is 1. The van der Waals surface area contributed by atoms with Crippen LogP contribution >= 0.6 is 11.3 Å². The van der Waals surface area contributed by atoms with Gasteiger partial charge in [-0.3, -0.25) is 0 Å². The van der Waals surface area contributed by atoms with Crippen molar-refractivity contribution in [2.45, 2.75) is 25.8 Å². The molecule has 3 rings (SSSR count). The third-order valence-corrected chi connectivity index (χ3v) is 5.54. The number of rotatable bonds is 4. The molecule has 0 saturated carbocycles. The highest BCUT2D eigenvalue weighted by atomic mass is 32.1. The van der Waals surface area contributed by atoms with E-state index in [1.165, 1.54) is 40.8 Å². The normalized spacial score (nSPS) is 19.4. The highest BCUT2D eigenvalue weighted by molar-refractivity contribution is 7.19. The van der Waals surface area contributed by atoms with Crippen LogP contribution in [0.4, 0.5) is 4.79 Å². The van der Waals surface area contributed by atoms with Crippen molar-refractivity contribution < 1.29 is 4.79 Å². The van der Waals surface area contributed by atoms with Crippen molar-refractivity contribution in [1.29, 1.82) is 0 Å². The summed E-state index contributed by atoms with van der Waals surface area (Å²) in [7, 11) is 2.17. The quantitative estimate of drug-likeness (QED) is 0.901. The molecule has 5 heteroatoms. The smallest absolute Gasteiger partial charge is 0.315 e. The Morgan fingerprint density at radius 2 is 2.17 bits per heavy atom. The van der Waals surface area contributed by atoms with E-state index in [4.69, 9.17) is 0 Å². The lowest BCUT2D eigenvalue weighted by atomic mass is 10.0. The Labute approximate surface area is 141 Å². The SMILES string of the molecule is CN1CCCCC(CNC(=O)NCc2cc3ccccc3s2)C1. The standard InChI is InChI=1S/C18H25N3OS/c1-21-9-5-4-6-14(13-21)11-19-18(22)20-12-16-10-15-7-2-3-8-17(15)23-16/h2-3,7-8,10,14H,4-6,9,11-13H2,1H3,(H2,19,20,22). The fourth-order valence-electron chi connectivity index (χ4n) is 3.20. The van der Waals surface area contributed by atoms with Crippen molar-refractivity contribution in [2.75, 3.05) is 26.7 Å². The van der Waals surface area contributed by atoms with Crippen LogP contribution in [0.1, 0.15) is 24.1 Å². The van der Waals surface area contributed by atoms with E-state index in [-0.39, 0.29) is 6.03 Å². The summed E-state index contributed by atoms with van der Waals surface area (Å²) in [6, 6.07) is 10.4. The molecule has 2 aromatic rings. The maximum Gasteiger partial charge on any atom is 0.315 e. The van der Waals surface area contributed by atoms with Crippen LogP contribution < -0.4 is 10.6 Å². The summed E-state index contributed by atoms with van der Waals surface area (Å²) in [5.41, 5.74) is 0. The lowest BCUT2D eigenvalue weighted by molar-refractivity contribution is 0.235. The lowest BCUT2D eigenvalue weighted by Gasteiger charge is -2.20. The predicted octanol–water partition coefficient (Wildman–Crippen LogP) is 3.43. The molecule has 124 valence electrons. The lowest BCUT2D eigenvalue weighted by Crippen LogP contribution is -2.39. The second kappa shape index (κ2) is 7.79. The first-order valence-electron chi connectivity index (χ1n) is 8.38. The van der Waals surface area contributed by atoms with Crippen molar-refractivity contribution in [1.82, 2.24) is 15.5 Å². The number of nitrogens with zero attached hydrogens (tertiary/aromatic N) is 1. The van der Waals surface area contributed by atoms with E-state index in [9.17, 15) is 4.79 Å². The number of hydrogen-bond donors (Lipinski definition) is 2. The van der Waals surface area contributed by atoms with Gasteiger partial charge in [0.15, 0.2) is 0 Å². The molecule has 23 heavy (non-hydrogen) atoms.